The van der Waals surface area contributed by atoms with E-state index in [1.807, 2.05) is 49.9 Å². The van der Waals surface area contributed by atoms with Crippen LogP contribution in [-0.4, -0.2) is 47.8 Å². The van der Waals surface area contributed by atoms with Gasteiger partial charge in [-0.25, -0.2) is 0 Å². The largest absolute Gasteiger partial charge is 0.352 e. The fraction of sp³-hybridized carbons (Fsp3) is 0.423. The molecule has 0 bridgehead atoms. The Bertz CT molecular complexity index is 985. The lowest BCUT2D eigenvalue weighted by Crippen LogP contribution is -2.55. The van der Waals surface area contributed by atoms with Crippen LogP contribution in [0.15, 0.2) is 48.5 Å². The van der Waals surface area contributed by atoms with Crippen LogP contribution in [-0.2, 0) is 4.79 Å². The number of carbonyl (C=O) groups excluding carboxylic acids is 3. The van der Waals surface area contributed by atoms with Crippen molar-refractivity contribution >= 4 is 29.3 Å². The Morgan fingerprint density at radius 2 is 1.67 bits per heavy atom. The molecule has 0 aliphatic carbocycles. The molecule has 1 heterocycles. The molecule has 1 fully saturated rings. The van der Waals surface area contributed by atoms with Crippen LogP contribution < -0.4 is 10.6 Å². The first-order chi connectivity index (χ1) is 15.8. The molecule has 3 amide bonds. The van der Waals surface area contributed by atoms with Gasteiger partial charge in [-0.3, -0.25) is 14.4 Å². The van der Waals surface area contributed by atoms with Crippen molar-refractivity contribution in [3.8, 4) is 0 Å². The number of hydrogen-bond donors (Lipinski definition) is 2. The standard InChI is InChI=1S/C26H32ClN3O3/c1-4-18(3)28-25(32)23(29-24(31)21-7-5-6-8-22(21)27)19-13-15-30(16-14-19)26(33)20-11-9-17(2)10-12-20/h5-12,18-19,23H,4,13-16H2,1-3H3,(H,28,32)(H,29,31)/t18-,23+/m1/s1. The summed E-state index contributed by atoms with van der Waals surface area (Å²) in [6, 6.07) is 13.6. The molecule has 1 saturated heterocycles. The van der Waals surface area contributed by atoms with E-state index in [4.69, 9.17) is 11.6 Å². The molecule has 0 aromatic heterocycles. The molecule has 0 spiro atoms. The second-order valence-corrected chi connectivity index (χ2v) is 9.15. The van der Waals surface area contributed by atoms with Crippen molar-refractivity contribution in [3.63, 3.8) is 0 Å². The van der Waals surface area contributed by atoms with Gasteiger partial charge < -0.3 is 15.5 Å². The van der Waals surface area contributed by atoms with E-state index in [9.17, 15) is 14.4 Å². The van der Waals surface area contributed by atoms with Gasteiger partial charge in [0.2, 0.25) is 5.91 Å². The zero-order chi connectivity index (χ0) is 24.0. The molecule has 6 nitrogen and oxygen atoms in total. The number of rotatable bonds is 7. The number of halogens is 1. The minimum atomic E-state index is -0.695. The first kappa shape index (κ1) is 24.8. The summed E-state index contributed by atoms with van der Waals surface area (Å²) < 4.78 is 0. The first-order valence-corrected chi connectivity index (χ1v) is 11.9. The van der Waals surface area contributed by atoms with Gasteiger partial charge in [0.25, 0.3) is 11.8 Å². The van der Waals surface area contributed by atoms with E-state index < -0.39 is 6.04 Å². The van der Waals surface area contributed by atoms with Gasteiger partial charge in [0.05, 0.1) is 10.6 Å². The van der Waals surface area contributed by atoms with Crippen LogP contribution in [0.25, 0.3) is 0 Å². The number of nitrogens with zero attached hydrogens (tertiary/aromatic N) is 1. The van der Waals surface area contributed by atoms with Crippen LogP contribution in [0.5, 0.6) is 0 Å². The van der Waals surface area contributed by atoms with E-state index in [0.717, 1.165) is 12.0 Å². The number of piperidine rings is 1. The Balaban J connectivity index is 1.71. The summed E-state index contributed by atoms with van der Waals surface area (Å²) in [6.45, 7) is 6.99. The summed E-state index contributed by atoms with van der Waals surface area (Å²) in [5.41, 5.74) is 2.11. The maximum atomic E-state index is 13.1. The predicted octanol–water partition coefficient (Wildman–Crippen LogP) is 4.21. The summed E-state index contributed by atoms with van der Waals surface area (Å²) in [7, 11) is 0. The van der Waals surface area contributed by atoms with Gasteiger partial charge in [0.15, 0.2) is 0 Å². The number of benzene rings is 2. The van der Waals surface area contributed by atoms with Gasteiger partial charge in [-0.2, -0.15) is 0 Å². The first-order valence-electron chi connectivity index (χ1n) is 11.5. The average molecular weight is 470 g/mol. The summed E-state index contributed by atoms with van der Waals surface area (Å²) in [5.74, 6) is -0.659. The molecular formula is C26H32ClN3O3. The molecule has 0 saturated carbocycles. The van der Waals surface area contributed by atoms with E-state index in [-0.39, 0.29) is 29.7 Å². The molecule has 2 N–H and O–H groups in total. The average Bonchev–Trinajstić information content (AvgIpc) is 2.82. The SMILES string of the molecule is CC[C@@H](C)NC(=O)[C@@H](NC(=O)c1ccccc1Cl)C1CCN(C(=O)c2ccc(C)cc2)CC1. The highest BCUT2D eigenvalue weighted by atomic mass is 35.5. The van der Waals surface area contributed by atoms with Crippen LogP contribution in [0.4, 0.5) is 0 Å². The van der Waals surface area contributed by atoms with Crippen molar-refractivity contribution in [1.29, 1.82) is 0 Å². The molecule has 0 radical (unpaired) electrons. The maximum absolute atomic E-state index is 13.1. The minimum absolute atomic E-state index is 0.000388. The van der Waals surface area contributed by atoms with E-state index in [1.54, 1.807) is 24.3 Å². The highest BCUT2D eigenvalue weighted by molar-refractivity contribution is 6.33. The number of nitrogens with one attached hydrogen (secondary N) is 2. The van der Waals surface area contributed by atoms with Gasteiger partial charge in [0.1, 0.15) is 6.04 Å². The molecule has 3 rings (SSSR count). The normalized spacial score (nSPS) is 16.1. The molecule has 1 aliphatic rings. The van der Waals surface area contributed by atoms with E-state index >= 15 is 0 Å². The topological polar surface area (TPSA) is 78.5 Å². The highest BCUT2D eigenvalue weighted by Crippen LogP contribution is 2.24. The third kappa shape index (κ3) is 6.35. The third-order valence-corrected chi connectivity index (χ3v) is 6.61. The number of amides is 3. The van der Waals surface area contributed by atoms with Crippen molar-refractivity contribution in [2.45, 2.75) is 52.1 Å². The van der Waals surface area contributed by atoms with Gasteiger partial charge in [-0.15, -0.1) is 0 Å². The van der Waals surface area contributed by atoms with Gasteiger partial charge in [-0.05, 0) is 63.3 Å². The van der Waals surface area contributed by atoms with E-state index in [2.05, 4.69) is 10.6 Å². The molecule has 33 heavy (non-hydrogen) atoms. The molecule has 2 aromatic carbocycles. The van der Waals surface area contributed by atoms with Gasteiger partial charge in [0, 0.05) is 24.7 Å². The fourth-order valence-corrected chi connectivity index (χ4v) is 4.23. The lowest BCUT2D eigenvalue weighted by molar-refractivity contribution is -0.125. The molecule has 2 aromatic rings. The van der Waals surface area contributed by atoms with Crippen LogP contribution >= 0.6 is 11.6 Å². The molecule has 7 heteroatoms. The van der Waals surface area contributed by atoms with Crippen molar-refractivity contribution in [2.75, 3.05) is 13.1 Å². The molecule has 176 valence electrons. The second-order valence-electron chi connectivity index (χ2n) is 8.74. The lowest BCUT2D eigenvalue weighted by Gasteiger charge is -2.36. The van der Waals surface area contributed by atoms with Crippen LogP contribution in [0.1, 0.15) is 59.4 Å². The Kier molecular flexibility index (Phi) is 8.50. The number of likely N-dealkylation sites (tertiary alicyclic amines) is 1. The monoisotopic (exact) mass is 469 g/mol. The van der Waals surface area contributed by atoms with E-state index in [1.165, 1.54) is 0 Å². The number of hydrogen-bond acceptors (Lipinski definition) is 3. The van der Waals surface area contributed by atoms with Crippen molar-refractivity contribution in [3.05, 3.63) is 70.2 Å². The van der Waals surface area contributed by atoms with E-state index in [0.29, 0.717) is 42.1 Å². The number of carbonyl (C=O) groups is 3. The Hall–Kier alpha value is -2.86. The summed E-state index contributed by atoms with van der Waals surface area (Å²) in [4.78, 5) is 40.7. The fourth-order valence-electron chi connectivity index (χ4n) is 4.01. The van der Waals surface area contributed by atoms with Crippen LogP contribution in [0.2, 0.25) is 5.02 Å². The Morgan fingerprint density at radius 3 is 2.27 bits per heavy atom. The third-order valence-electron chi connectivity index (χ3n) is 6.29. The smallest absolute Gasteiger partial charge is 0.253 e. The zero-order valence-electron chi connectivity index (χ0n) is 19.4. The van der Waals surface area contributed by atoms with Crippen molar-refractivity contribution in [2.24, 2.45) is 5.92 Å². The highest BCUT2D eigenvalue weighted by Gasteiger charge is 2.34. The van der Waals surface area contributed by atoms with Crippen LogP contribution in [0.3, 0.4) is 0 Å². The summed E-state index contributed by atoms with van der Waals surface area (Å²) in [5, 5.41) is 6.25. The van der Waals surface area contributed by atoms with Crippen LogP contribution in [0, 0.1) is 12.8 Å². The summed E-state index contributed by atoms with van der Waals surface area (Å²) in [6.07, 6.45) is 2.04. The number of aryl methyl sites for hydroxylation is 1. The molecule has 2 atom stereocenters. The maximum Gasteiger partial charge on any atom is 0.253 e. The minimum Gasteiger partial charge on any atom is -0.352 e. The Morgan fingerprint density at radius 1 is 1.03 bits per heavy atom. The zero-order valence-corrected chi connectivity index (χ0v) is 20.2. The van der Waals surface area contributed by atoms with Gasteiger partial charge >= 0.3 is 0 Å². The molecule has 1 aliphatic heterocycles. The van der Waals surface area contributed by atoms with Crippen molar-refractivity contribution in [1.82, 2.24) is 15.5 Å². The van der Waals surface area contributed by atoms with Gasteiger partial charge in [-0.1, -0.05) is 48.4 Å². The summed E-state index contributed by atoms with van der Waals surface area (Å²) >= 11 is 6.19. The quantitative estimate of drug-likeness (QED) is 0.637. The Labute approximate surface area is 200 Å². The predicted molar refractivity (Wildman–Crippen MR) is 130 cm³/mol. The molecule has 0 unspecified atom stereocenters. The van der Waals surface area contributed by atoms with Crippen molar-refractivity contribution < 1.29 is 14.4 Å². The molecular weight excluding hydrogens is 438 g/mol. The second kappa shape index (κ2) is 11.3. The lowest BCUT2D eigenvalue weighted by atomic mass is 9.88.